The van der Waals surface area contributed by atoms with E-state index >= 15 is 0 Å². The highest BCUT2D eigenvalue weighted by Gasteiger charge is 2.40. The summed E-state index contributed by atoms with van der Waals surface area (Å²) in [7, 11) is 0. The van der Waals surface area contributed by atoms with Crippen molar-refractivity contribution in [2.24, 2.45) is 11.5 Å². The van der Waals surface area contributed by atoms with Crippen LogP contribution >= 0.6 is 0 Å². The van der Waals surface area contributed by atoms with Crippen LogP contribution in [0.2, 0.25) is 0 Å². The molecule has 1 aromatic rings. The zero-order valence-electron chi connectivity index (χ0n) is 17.8. The molecule has 11 heteroatoms. The highest BCUT2D eigenvalue weighted by Crippen LogP contribution is 2.13. The molecule has 0 spiro atoms. The van der Waals surface area contributed by atoms with Gasteiger partial charge in [-0.1, -0.05) is 30.3 Å². The van der Waals surface area contributed by atoms with Crippen LogP contribution in [-0.4, -0.2) is 75.7 Å². The van der Waals surface area contributed by atoms with Gasteiger partial charge in [0.15, 0.2) is 12.1 Å². The Balaban J connectivity index is 3.08. The van der Waals surface area contributed by atoms with Gasteiger partial charge in [-0.05, 0) is 26.3 Å². The SMILES string of the molecule is CC(C)(C)OC[C@@H](C(=O)O)N(C(=O)CNCc1ccccc1)C(=O)[C@@H](N)[C@H](O)C(N)=O. The second-order valence-corrected chi connectivity index (χ2v) is 7.84. The molecular weight excluding hydrogens is 408 g/mol. The molecule has 0 aliphatic heterocycles. The molecule has 7 N–H and O–H groups in total. The van der Waals surface area contributed by atoms with E-state index in [9.17, 15) is 29.4 Å². The maximum Gasteiger partial charge on any atom is 0.329 e. The van der Waals surface area contributed by atoms with E-state index in [-0.39, 0.29) is 6.54 Å². The fourth-order valence-corrected chi connectivity index (χ4v) is 2.50. The van der Waals surface area contributed by atoms with Gasteiger partial charge in [-0.3, -0.25) is 19.3 Å². The zero-order valence-corrected chi connectivity index (χ0v) is 17.8. The van der Waals surface area contributed by atoms with Crippen molar-refractivity contribution in [1.82, 2.24) is 10.2 Å². The Morgan fingerprint density at radius 2 is 1.74 bits per heavy atom. The van der Waals surface area contributed by atoms with E-state index in [0.29, 0.717) is 4.90 Å². The average molecular weight is 438 g/mol. The van der Waals surface area contributed by atoms with Crippen LogP contribution < -0.4 is 16.8 Å². The predicted octanol–water partition coefficient (Wildman–Crippen LogP) is -1.43. The smallest absolute Gasteiger partial charge is 0.329 e. The summed E-state index contributed by atoms with van der Waals surface area (Å²) in [6.45, 7) is 4.37. The lowest BCUT2D eigenvalue weighted by molar-refractivity contribution is -0.164. The molecule has 0 aromatic heterocycles. The third kappa shape index (κ3) is 8.42. The Hall–Kier alpha value is -2.86. The molecule has 0 radical (unpaired) electrons. The molecule has 0 saturated heterocycles. The molecule has 3 atom stereocenters. The Bertz CT molecular complexity index is 779. The van der Waals surface area contributed by atoms with Crippen molar-refractivity contribution in [1.29, 1.82) is 0 Å². The van der Waals surface area contributed by atoms with E-state index in [1.54, 1.807) is 20.8 Å². The van der Waals surface area contributed by atoms with Gasteiger partial charge >= 0.3 is 5.97 Å². The first-order valence-corrected chi connectivity index (χ1v) is 9.55. The maximum atomic E-state index is 12.8. The first-order valence-electron chi connectivity index (χ1n) is 9.55. The van der Waals surface area contributed by atoms with E-state index in [0.717, 1.165) is 5.56 Å². The number of nitrogens with two attached hydrogens (primary N) is 2. The zero-order chi connectivity index (χ0) is 23.8. The van der Waals surface area contributed by atoms with Crippen LogP contribution in [0.25, 0.3) is 0 Å². The summed E-state index contributed by atoms with van der Waals surface area (Å²) in [5.74, 6) is -4.98. The Kier molecular flexibility index (Phi) is 9.72. The molecule has 0 aliphatic rings. The molecule has 0 unspecified atom stereocenters. The van der Waals surface area contributed by atoms with Crippen molar-refractivity contribution >= 4 is 23.7 Å². The standard InChI is InChI=1S/C20H30N4O7/c1-20(2,3)31-11-13(19(29)30)24(18(28)15(21)16(26)17(22)27)14(25)10-23-9-12-7-5-4-6-8-12/h4-8,13,15-16,23,26H,9-11,21H2,1-3H3,(H2,22,27)(H,29,30)/t13-,15-,16-/m0/s1. The summed E-state index contributed by atoms with van der Waals surface area (Å²) in [6.07, 6.45) is -2.10. The molecular formula is C20H30N4O7. The van der Waals surface area contributed by atoms with Crippen molar-refractivity contribution in [2.75, 3.05) is 13.2 Å². The summed E-state index contributed by atoms with van der Waals surface area (Å²) in [6, 6.07) is 5.42. The lowest BCUT2D eigenvalue weighted by Gasteiger charge is -2.32. The van der Waals surface area contributed by atoms with Crippen LogP contribution in [0.5, 0.6) is 0 Å². The second kappa shape index (κ2) is 11.5. The summed E-state index contributed by atoms with van der Waals surface area (Å²) >= 11 is 0. The molecule has 1 rings (SSSR count). The number of carbonyl (C=O) groups excluding carboxylic acids is 3. The Morgan fingerprint density at radius 3 is 2.23 bits per heavy atom. The van der Waals surface area contributed by atoms with Crippen LogP contribution in [0.15, 0.2) is 30.3 Å². The topological polar surface area (TPSA) is 185 Å². The van der Waals surface area contributed by atoms with Gasteiger partial charge in [-0.25, -0.2) is 4.79 Å². The van der Waals surface area contributed by atoms with Crippen molar-refractivity contribution in [3.8, 4) is 0 Å². The van der Waals surface area contributed by atoms with Gasteiger partial charge in [0.2, 0.25) is 17.7 Å². The molecule has 0 fully saturated rings. The summed E-state index contributed by atoms with van der Waals surface area (Å²) in [5, 5.41) is 22.2. The number of nitrogens with zero attached hydrogens (tertiary/aromatic N) is 1. The molecule has 3 amide bonds. The monoisotopic (exact) mass is 438 g/mol. The number of carboxylic acids is 1. The predicted molar refractivity (Wildman–Crippen MR) is 110 cm³/mol. The molecule has 1 aromatic carbocycles. The molecule has 0 saturated carbocycles. The van der Waals surface area contributed by atoms with Crippen LogP contribution in [0.4, 0.5) is 0 Å². The van der Waals surface area contributed by atoms with Crippen LogP contribution in [0.1, 0.15) is 26.3 Å². The Morgan fingerprint density at radius 1 is 1.16 bits per heavy atom. The molecule has 172 valence electrons. The summed E-state index contributed by atoms with van der Waals surface area (Å²) in [4.78, 5) is 49.1. The molecule has 0 bridgehead atoms. The van der Waals surface area contributed by atoms with Gasteiger partial charge < -0.3 is 31.7 Å². The van der Waals surface area contributed by atoms with Gasteiger partial charge in [0.05, 0.1) is 18.8 Å². The van der Waals surface area contributed by atoms with Gasteiger partial charge in [0.25, 0.3) is 0 Å². The molecule has 0 aliphatic carbocycles. The van der Waals surface area contributed by atoms with E-state index in [1.807, 2.05) is 30.3 Å². The normalized spacial score (nSPS) is 14.4. The maximum absolute atomic E-state index is 12.8. The first kappa shape index (κ1) is 26.2. The first-order chi connectivity index (χ1) is 14.3. The van der Waals surface area contributed by atoms with E-state index < -0.39 is 60.6 Å². The lowest BCUT2D eigenvalue weighted by Crippen LogP contribution is -2.61. The highest BCUT2D eigenvalue weighted by molar-refractivity contribution is 6.03. The molecule has 0 heterocycles. The fourth-order valence-electron chi connectivity index (χ4n) is 2.50. The van der Waals surface area contributed by atoms with Crippen LogP contribution in [0, 0.1) is 0 Å². The number of primary amides is 1. The largest absolute Gasteiger partial charge is 0.480 e. The summed E-state index contributed by atoms with van der Waals surface area (Å²) in [5.41, 5.74) is 10.7. The number of aliphatic hydroxyl groups is 1. The number of carbonyl (C=O) groups is 4. The molecule has 31 heavy (non-hydrogen) atoms. The number of carboxylic acid groups (broad SMARTS) is 1. The summed E-state index contributed by atoms with van der Waals surface area (Å²) < 4.78 is 5.45. The second-order valence-electron chi connectivity index (χ2n) is 7.84. The minimum atomic E-state index is -2.10. The number of ether oxygens (including phenoxy) is 1. The highest BCUT2D eigenvalue weighted by atomic mass is 16.5. The number of benzene rings is 1. The minimum absolute atomic E-state index is 0.279. The number of rotatable bonds is 11. The number of hydrogen-bond acceptors (Lipinski definition) is 8. The minimum Gasteiger partial charge on any atom is -0.480 e. The third-order valence-corrected chi connectivity index (χ3v) is 4.14. The Labute approximate surface area is 180 Å². The van der Waals surface area contributed by atoms with Crippen LogP contribution in [-0.2, 0) is 30.5 Å². The number of aliphatic carboxylic acids is 1. The van der Waals surface area contributed by atoms with Gasteiger partial charge in [0, 0.05) is 6.54 Å². The number of hydrogen-bond donors (Lipinski definition) is 5. The van der Waals surface area contributed by atoms with Crippen LogP contribution in [0.3, 0.4) is 0 Å². The lowest BCUT2D eigenvalue weighted by atomic mass is 10.1. The number of imide groups is 1. The number of aliphatic hydroxyl groups excluding tert-OH is 1. The number of amides is 3. The van der Waals surface area contributed by atoms with E-state index in [4.69, 9.17) is 16.2 Å². The van der Waals surface area contributed by atoms with Crippen molar-refractivity contribution in [3.05, 3.63) is 35.9 Å². The van der Waals surface area contributed by atoms with E-state index in [2.05, 4.69) is 5.32 Å². The molecule has 11 nitrogen and oxygen atoms in total. The van der Waals surface area contributed by atoms with Gasteiger partial charge in [-0.2, -0.15) is 0 Å². The number of nitrogens with one attached hydrogen (secondary N) is 1. The van der Waals surface area contributed by atoms with Crippen molar-refractivity contribution in [2.45, 2.75) is 51.1 Å². The fraction of sp³-hybridized carbons (Fsp3) is 0.500. The van der Waals surface area contributed by atoms with Gasteiger partial charge in [0.1, 0.15) is 6.04 Å². The third-order valence-electron chi connectivity index (χ3n) is 4.14. The van der Waals surface area contributed by atoms with Gasteiger partial charge in [-0.15, -0.1) is 0 Å². The van der Waals surface area contributed by atoms with E-state index in [1.165, 1.54) is 0 Å². The quantitative estimate of drug-likeness (QED) is 0.276. The van der Waals surface area contributed by atoms with Crippen molar-refractivity contribution < 1.29 is 34.1 Å². The van der Waals surface area contributed by atoms with Crippen molar-refractivity contribution in [3.63, 3.8) is 0 Å². The average Bonchev–Trinajstić information content (AvgIpc) is 2.69.